The highest BCUT2D eigenvalue weighted by molar-refractivity contribution is 5.81. The Bertz CT molecular complexity index is 604. The zero-order valence-electron chi connectivity index (χ0n) is 12.4. The molecule has 0 spiro atoms. The number of ether oxygens (including phenoxy) is 1. The quantitative estimate of drug-likeness (QED) is 0.614. The van der Waals surface area contributed by atoms with Gasteiger partial charge in [-0.2, -0.15) is 5.26 Å². The summed E-state index contributed by atoms with van der Waals surface area (Å²) in [7, 11) is 0. The van der Waals surface area contributed by atoms with Crippen molar-refractivity contribution in [1.29, 1.82) is 5.26 Å². The molecule has 0 saturated carbocycles. The fourth-order valence-corrected chi connectivity index (χ4v) is 2.62. The van der Waals surface area contributed by atoms with Crippen LogP contribution in [0.4, 0.5) is 0 Å². The minimum Gasteiger partial charge on any atom is -0.464 e. The van der Waals surface area contributed by atoms with Gasteiger partial charge in [-0.3, -0.25) is 0 Å². The smallest absolute Gasteiger partial charge is 0.329 e. The molecule has 1 aliphatic rings. The zero-order chi connectivity index (χ0) is 15.9. The summed E-state index contributed by atoms with van der Waals surface area (Å²) in [6.07, 6.45) is 2.67. The third-order valence-corrected chi connectivity index (χ3v) is 3.59. The Morgan fingerprint density at radius 3 is 2.77 bits per heavy atom. The van der Waals surface area contributed by atoms with Gasteiger partial charge in [0.2, 0.25) is 0 Å². The third kappa shape index (κ3) is 3.53. The molecule has 0 radical (unpaired) electrons. The van der Waals surface area contributed by atoms with Gasteiger partial charge >= 0.3 is 5.97 Å². The Hall–Kier alpha value is -2.61. The van der Waals surface area contributed by atoms with Crippen molar-refractivity contribution in [1.82, 2.24) is 4.90 Å². The molecule has 0 unspecified atom stereocenters. The van der Waals surface area contributed by atoms with Crippen LogP contribution in [0.3, 0.4) is 0 Å². The summed E-state index contributed by atoms with van der Waals surface area (Å²) in [5.41, 5.74) is 1.49. The Kier molecular flexibility index (Phi) is 5.31. The first-order chi connectivity index (χ1) is 10.7. The number of hydrogen-bond acceptors (Lipinski definition) is 5. The number of benzene rings is 1. The lowest BCUT2D eigenvalue weighted by atomic mass is 9.89. The number of nitrogens with zero attached hydrogens (tertiary/aromatic N) is 2. The van der Waals surface area contributed by atoms with Gasteiger partial charge in [0.05, 0.1) is 18.6 Å². The van der Waals surface area contributed by atoms with E-state index in [2.05, 4.69) is 6.07 Å². The molecule has 5 heteroatoms. The lowest BCUT2D eigenvalue weighted by molar-refractivity contribution is -0.152. The summed E-state index contributed by atoms with van der Waals surface area (Å²) in [4.78, 5) is 25.3. The van der Waals surface area contributed by atoms with Crippen LogP contribution in [0.15, 0.2) is 42.1 Å². The van der Waals surface area contributed by atoms with Crippen LogP contribution in [0.25, 0.3) is 0 Å². The fraction of sp³-hybridized carbons (Fsp3) is 0.353. The van der Waals surface area contributed by atoms with Crippen LogP contribution in [0.2, 0.25) is 0 Å². The van der Waals surface area contributed by atoms with E-state index in [0.29, 0.717) is 12.1 Å². The molecule has 1 heterocycles. The maximum absolute atomic E-state index is 12.2. The molecule has 114 valence electrons. The summed E-state index contributed by atoms with van der Waals surface area (Å²) < 4.78 is 5.10. The predicted octanol–water partition coefficient (Wildman–Crippen LogP) is 2.05. The molecule has 2 atom stereocenters. The monoisotopic (exact) mass is 298 g/mol. The molecular weight excluding hydrogens is 280 g/mol. The first-order valence-electron chi connectivity index (χ1n) is 7.22. The zero-order valence-corrected chi connectivity index (χ0v) is 12.4. The molecule has 1 aromatic rings. The molecule has 0 fully saturated rings. The van der Waals surface area contributed by atoms with Crippen LogP contribution in [-0.4, -0.2) is 29.8 Å². The molecule has 0 saturated heterocycles. The minimum absolute atomic E-state index is 0.259. The second-order valence-corrected chi connectivity index (χ2v) is 5.13. The Morgan fingerprint density at radius 1 is 1.45 bits per heavy atom. The lowest BCUT2D eigenvalue weighted by Gasteiger charge is -2.36. The molecular formula is C17H18N2O3. The van der Waals surface area contributed by atoms with Gasteiger partial charge in [0.1, 0.15) is 12.3 Å². The van der Waals surface area contributed by atoms with E-state index in [9.17, 15) is 9.59 Å². The highest BCUT2D eigenvalue weighted by Gasteiger charge is 2.37. The van der Waals surface area contributed by atoms with E-state index in [-0.39, 0.29) is 13.0 Å². The Labute approximate surface area is 129 Å². The first-order valence-corrected chi connectivity index (χ1v) is 7.22. The number of carbonyl (C=O) groups excluding carboxylic acids is 2. The van der Waals surface area contributed by atoms with E-state index in [1.807, 2.05) is 30.3 Å². The van der Waals surface area contributed by atoms with Gasteiger partial charge < -0.3 is 14.4 Å². The van der Waals surface area contributed by atoms with Crippen molar-refractivity contribution in [2.24, 2.45) is 5.92 Å². The normalized spacial score (nSPS) is 20.7. The van der Waals surface area contributed by atoms with Gasteiger partial charge in [-0.25, -0.2) is 4.79 Å². The van der Waals surface area contributed by atoms with Gasteiger partial charge in [0.25, 0.3) is 0 Å². The molecule has 0 aliphatic carbocycles. The van der Waals surface area contributed by atoms with Gasteiger partial charge in [0.15, 0.2) is 0 Å². The lowest BCUT2D eigenvalue weighted by Crippen LogP contribution is -2.47. The van der Waals surface area contributed by atoms with E-state index < -0.39 is 17.9 Å². The maximum atomic E-state index is 12.2. The van der Waals surface area contributed by atoms with Gasteiger partial charge in [-0.15, -0.1) is 0 Å². The standard InChI is InChI=1S/C17H18N2O3/c1-2-22-17(21)16-15(12-20)8-14(9-18)11-19(16)10-13-6-4-3-5-7-13/h3-7,11-12,15-16H,2,8,10H2,1H3/t15-,16+/m1/s1. The molecule has 0 N–H and O–H groups in total. The average molecular weight is 298 g/mol. The van der Waals surface area contributed by atoms with E-state index >= 15 is 0 Å². The second-order valence-electron chi connectivity index (χ2n) is 5.13. The largest absolute Gasteiger partial charge is 0.464 e. The Morgan fingerprint density at radius 2 is 2.18 bits per heavy atom. The third-order valence-electron chi connectivity index (χ3n) is 3.59. The van der Waals surface area contributed by atoms with Crippen LogP contribution in [0, 0.1) is 17.2 Å². The number of allylic oxidation sites excluding steroid dienone is 1. The summed E-state index contributed by atoms with van der Waals surface area (Å²) >= 11 is 0. The molecule has 0 aromatic heterocycles. The van der Waals surface area contributed by atoms with Crippen LogP contribution >= 0.6 is 0 Å². The SMILES string of the molecule is CCOC(=O)[C@@H]1[C@@H](C=O)CC(C#N)=CN1Cc1ccccc1. The van der Waals surface area contributed by atoms with E-state index in [4.69, 9.17) is 10.00 Å². The van der Waals surface area contributed by atoms with Crippen LogP contribution in [-0.2, 0) is 20.9 Å². The summed E-state index contributed by atoms with van der Waals surface area (Å²) in [6, 6.07) is 11.0. The molecule has 5 nitrogen and oxygen atoms in total. The topological polar surface area (TPSA) is 70.4 Å². The molecule has 0 amide bonds. The number of hydrogen-bond donors (Lipinski definition) is 0. The summed E-state index contributed by atoms with van der Waals surface area (Å²) in [5, 5.41) is 9.14. The molecule has 22 heavy (non-hydrogen) atoms. The predicted molar refractivity (Wildman–Crippen MR) is 80.3 cm³/mol. The summed E-state index contributed by atoms with van der Waals surface area (Å²) in [5.74, 6) is -0.994. The van der Waals surface area contributed by atoms with Crippen LogP contribution in [0.5, 0.6) is 0 Å². The number of carbonyl (C=O) groups is 2. The van der Waals surface area contributed by atoms with Crippen molar-refractivity contribution in [2.75, 3.05) is 6.61 Å². The molecule has 2 rings (SSSR count). The van der Waals surface area contributed by atoms with Crippen LogP contribution in [0.1, 0.15) is 18.9 Å². The second kappa shape index (κ2) is 7.41. The van der Waals surface area contributed by atoms with Gasteiger partial charge in [-0.1, -0.05) is 30.3 Å². The number of nitriles is 1. The molecule has 0 bridgehead atoms. The molecule has 1 aliphatic heterocycles. The highest BCUT2D eigenvalue weighted by Crippen LogP contribution is 2.27. The fourth-order valence-electron chi connectivity index (χ4n) is 2.62. The van der Waals surface area contributed by atoms with Crippen molar-refractivity contribution in [3.05, 3.63) is 47.7 Å². The van der Waals surface area contributed by atoms with Crippen molar-refractivity contribution in [2.45, 2.75) is 25.9 Å². The summed E-state index contributed by atoms with van der Waals surface area (Å²) in [6.45, 7) is 2.43. The average Bonchev–Trinajstić information content (AvgIpc) is 2.55. The maximum Gasteiger partial charge on any atom is 0.329 e. The molecule has 1 aromatic carbocycles. The number of rotatable bonds is 5. The van der Waals surface area contributed by atoms with E-state index in [1.165, 1.54) is 0 Å². The van der Waals surface area contributed by atoms with Crippen LogP contribution < -0.4 is 0 Å². The van der Waals surface area contributed by atoms with Crippen molar-refractivity contribution < 1.29 is 14.3 Å². The number of esters is 1. The van der Waals surface area contributed by atoms with Gasteiger partial charge in [0, 0.05) is 18.3 Å². The first kappa shape index (κ1) is 15.8. The highest BCUT2D eigenvalue weighted by atomic mass is 16.5. The van der Waals surface area contributed by atoms with E-state index in [0.717, 1.165) is 11.8 Å². The van der Waals surface area contributed by atoms with Gasteiger partial charge in [-0.05, 0) is 18.9 Å². The Balaban J connectivity index is 2.32. The van der Waals surface area contributed by atoms with Crippen molar-refractivity contribution >= 4 is 12.3 Å². The number of aldehydes is 1. The minimum atomic E-state index is -0.685. The van der Waals surface area contributed by atoms with Crippen molar-refractivity contribution in [3.63, 3.8) is 0 Å². The van der Waals surface area contributed by atoms with E-state index in [1.54, 1.807) is 18.0 Å². The van der Waals surface area contributed by atoms with Crippen molar-refractivity contribution in [3.8, 4) is 6.07 Å².